The average Bonchev–Trinajstić information content (AvgIpc) is 2.71. The summed E-state index contributed by atoms with van der Waals surface area (Å²) in [5.41, 5.74) is 1.85. The van der Waals surface area contributed by atoms with Gasteiger partial charge in [0.25, 0.3) is 0 Å². The number of hydrogen-bond acceptors (Lipinski definition) is 4. The normalized spacial score (nSPS) is 16.0. The Hall–Kier alpha value is -2.60. The lowest BCUT2D eigenvalue weighted by Crippen LogP contribution is -2.53. The van der Waals surface area contributed by atoms with Crippen LogP contribution in [0.4, 0.5) is 10.1 Å². The lowest BCUT2D eigenvalue weighted by Gasteiger charge is -2.38. The Morgan fingerprint density at radius 2 is 1.89 bits per heavy atom. The Balaban J connectivity index is 1.51. The van der Waals surface area contributed by atoms with Crippen molar-refractivity contribution in [1.29, 1.82) is 0 Å². The molecule has 1 aliphatic rings. The molecule has 0 saturated carbocycles. The Morgan fingerprint density at radius 1 is 1.15 bits per heavy atom. The van der Waals surface area contributed by atoms with Crippen LogP contribution in [0.25, 0.3) is 0 Å². The van der Waals surface area contributed by atoms with Gasteiger partial charge in [0.15, 0.2) is 0 Å². The maximum absolute atomic E-state index is 13.2. The van der Waals surface area contributed by atoms with E-state index in [-0.39, 0.29) is 17.8 Å². The number of nitrogens with one attached hydrogen (secondary N) is 1. The topological polar surface area (TPSA) is 44.8 Å². The van der Waals surface area contributed by atoms with Gasteiger partial charge in [-0.2, -0.15) is 0 Å². The van der Waals surface area contributed by atoms with Crippen LogP contribution in [0.3, 0.4) is 0 Å². The van der Waals surface area contributed by atoms with Crippen LogP contribution in [0.2, 0.25) is 0 Å². The van der Waals surface area contributed by atoms with Crippen molar-refractivity contribution in [2.75, 3.05) is 38.2 Å². The van der Waals surface area contributed by atoms with E-state index in [1.165, 1.54) is 12.1 Å². The smallest absolute Gasteiger partial charge is 0.237 e. The number of benzene rings is 2. The summed E-state index contributed by atoms with van der Waals surface area (Å²) in [6, 6.07) is 14.1. The van der Waals surface area contributed by atoms with Gasteiger partial charge in [-0.1, -0.05) is 24.3 Å². The second kappa shape index (κ2) is 8.86. The maximum atomic E-state index is 13.2. The van der Waals surface area contributed by atoms with Crippen molar-refractivity contribution in [3.05, 3.63) is 59.9 Å². The predicted octanol–water partition coefficient (Wildman–Crippen LogP) is 2.66. The van der Waals surface area contributed by atoms with Gasteiger partial charge in [-0.3, -0.25) is 9.69 Å². The molecule has 1 N–H and O–H groups in total. The molecule has 0 radical (unpaired) electrons. The number of halogens is 1. The molecule has 1 aliphatic heterocycles. The fourth-order valence-corrected chi connectivity index (χ4v) is 3.39. The summed E-state index contributed by atoms with van der Waals surface area (Å²) in [7, 11) is 1.68. The molecule has 1 atom stereocenters. The molecule has 2 aromatic carbocycles. The van der Waals surface area contributed by atoms with Gasteiger partial charge in [0.1, 0.15) is 11.6 Å². The molecule has 2 aromatic rings. The summed E-state index contributed by atoms with van der Waals surface area (Å²) in [4.78, 5) is 16.9. The van der Waals surface area contributed by atoms with Crippen molar-refractivity contribution in [2.24, 2.45) is 0 Å². The molecule has 1 saturated heterocycles. The molecule has 144 valence electrons. The van der Waals surface area contributed by atoms with Crippen LogP contribution in [0.1, 0.15) is 12.5 Å². The summed E-state index contributed by atoms with van der Waals surface area (Å²) >= 11 is 0. The Labute approximate surface area is 159 Å². The molecule has 0 aromatic heterocycles. The van der Waals surface area contributed by atoms with Gasteiger partial charge in [0.05, 0.1) is 18.8 Å². The first-order valence-corrected chi connectivity index (χ1v) is 9.22. The number of carbonyl (C=O) groups is 1. The number of hydrogen-bond donors (Lipinski definition) is 1. The highest BCUT2D eigenvalue weighted by atomic mass is 19.1. The maximum Gasteiger partial charge on any atom is 0.237 e. The lowest BCUT2D eigenvalue weighted by atomic mass is 10.1. The van der Waals surface area contributed by atoms with E-state index in [4.69, 9.17) is 4.74 Å². The monoisotopic (exact) mass is 371 g/mol. The highest BCUT2D eigenvalue weighted by molar-refractivity contribution is 5.81. The lowest BCUT2D eigenvalue weighted by molar-refractivity contribution is -0.126. The number of nitrogens with zero attached hydrogens (tertiary/aromatic N) is 2. The molecular formula is C21H26FN3O2. The standard InChI is InChI=1S/C21H26FN3O2/c1-16(21(26)23-15-17-6-5-7-18(22)14-17)24-10-12-25(13-11-24)19-8-3-4-9-20(19)27-2/h3-9,14,16H,10-13,15H2,1-2H3,(H,23,26)/t16-/m0/s1. The molecule has 6 heteroatoms. The first-order valence-electron chi connectivity index (χ1n) is 9.22. The zero-order valence-corrected chi connectivity index (χ0v) is 15.8. The van der Waals surface area contributed by atoms with E-state index in [2.05, 4.69) is 21.2 Å². The van der Waals surface area contributed by atoms with Gasteiger partial charge in [-0.15, -0.1) is 0 Å². The number of carbonyl (C=O) groups excluding carboxylic acids is 1. The zero-order valence-electron chi connectivity index (χ0n) is 15.8. The molecular weight excluding hydrogens is 345 g/mol. The van der Waals surface area contributed by atoms with E-state index in [9.17, 15) is 9.18 Å². The van der Waals surface area contributed by atoms with Crippen molar-refractivity contribution in [3.63, 3.8) is 0 Å². The highest BCUT2D eigenvalue weighted by Gasteiger charge is 2.26. The van der Waals surface area contributed by atoms with Crippen LogP contribution in [0.5, 0.6) is 5.75 Å². The van der Waals surface area contributed by atoms with E-state index in [1.54, 1.807) is 19.2 Å². The molecule has 1 fully saturated rings. The largest absolute Gasteiger partial charge is 0.495 e. The number of ether oxygens (including phenoxy) is 1. The van der Waals surface area contributed by atoms with Crippen molar-refractivity contribution in [3.8, 4) is 5.75 Å². The molecule has 27 heavy (non-hydrogen) atoms. The van der Waals surface area contributed by atoms with Gasteiger partial charge in [0, 0.05) is 32.7 Å². The average molecular weight is 371 g/mol. The first-order chi connectivity index (χ1) is 13.1. The summed E-state index contributed by atoms with van der Waals surface area (Å²) < 4.78 is 18.7. The minimum atomic E-state index is -0.290. The highest BCUT2D eigenvalue weighted by Crippen LogP contribution is 2.28. The summed E-state index contributed by atoms with van der Waals surface area (Å²) in [5.74, 6) is 0.541. The summed E-state index contributed by atoms with van der Waals surface area (Å²) in [5, 5.41) is 2.90. The van der Waals surface area contributed by atoms with Gasteiger partial charge >= 0.3 is 0 Å². The number of piperazine rings is 1. The van der Waals surface area contributed by atoms with Crippen LogP contribution in [0.15, 0.2) is 48.5 Å². The van der Waals surface area contributed by atoms with Crippen molar-refractivity contribution >= 4 is 11.6 Å². The molecule has 0 unspecified atom stereocenters. The third-order valence-corrected chi connectivity index (χ3v) is 5.02. The summed E-state index contributed by atoms with van der Waals surface area (Å²) in [6.45, 7) is 5.52. The third kappa shape index (κ3) is 4.77. The summed E-state index contributed by atoms with van der Waals surface area (Å²) in [6.07, 6.45) is 0. The van der Waals surface area contributed by atoms with Crippen molar-refractivity contribution in [1.82, 2.24) is 10.2 Å². The third-order valence-electron chi connectivity index (χ3n) is 5.02. The van der Waals surface area contributed by atoms with E-state index >= 15 is 0 Å². The molecule has 1 amide bonds. The zero-order chi connectivity index (χ0) is 19.2. The molecule has 0 aliphatic carbocycles. The van der Waals surface area contributed by atoms with Gasteiger partial charge < -0.3 is 15.0 Å². The molecule has 0 spiro atoms. The number of para-hydroxylation sites is 2. The van der Waals surface area contributed by atoms with Crippen LogP contribution in [-0.2, 0) is 11.3 Å². The number of anilines is 1. The van der Waals surface area contributed by atoms with E-state index in [1.807, 2.05) is 25.1 Å². The molecule has 3 rings (SSSR count). The second-order valence-corrected chi connectivity index (χ2v) is 6.72. The van der Waals surface area contributed by atoms with E-state index in [0.29, 0.717) is 6.54 Å². The van der Waals surface area contributed by atoms with E-state index in [0.717, 1.165) is 43.2 Å². The van der Waals surface area contributed by atoms with Gasteiger partial charge in [0.2, 0.25) is 5.91 Å². The van der Waals surface area contributed by atoms with Crippen LogP contribution in [0, 0.1) is 5.82 Å². The van der Waals surface area contributed by atoms with Gasteiger partial charge in [-0.25, -0.2) is 4.39 Å². The minimum Gasteiger partial charge on any atom is -0.495 e. The Morgan fingerprint density at radius 3 is 2.59 bits per heavy atom. The predicted molar refractivity (Wildman–Crippen MR) is 104 cm³/mol. The molecule has 0 bridgehead atoms. The van der Waals surface area contributed by atoms with Crippen molar-refractivity contribution in [2.45, 2.75) is 19.5 Å². The fourth-order valence-electron chi connectivity index (χ4n) is 3.39. The molecule has 5 nitrogen and oxygen atoms in total. The Kier molecular flexibility index (Phi) is 6.29. The van der Waals surface area contributed by atoms with Crippen molar-refractivity contribution < 1.29 is 13.9 Å². The van der Waals surface area contributed by atoms with Gasteiger partial charge in [-0.05, 0) is 36.8 Å². The van der Waals surface area contributed by atoms with Crippen LogP contribution < -0.4 is 15.0 Å². The number of methoxy groups -OCH3 is 1. The SMILES string of the molecule is COc1ccccc1N1CCN([C@@H](C)C(=O)NCc2cccc(F)c2)CC1. The number of rotatable bonds is 6. The molecule has 1 heterocycles. The Bertz CT molecular complexity index is 776. The fraction of sp³-hybridized carbons (Fsp3) is 0.381. The van der Waals surface area contributed by atoms with Crippen LogP contribution in [-0.4, -0.2) is 50.1 Å². The number of amides is 1. The second-order valence-electron chi connectivity index (χ2n) is 6.72. The van der Waals surface area contributed by atoms with Crippen LogP contribution >= 0.6 is 0 Å². The first kappa shape index (κ1) is 19.2. The quantitative estimate of drug-likeness (QED) is 0.848. The minimum absolute atomic E-state index is 0.0370. The van der Waals surface area contributed by atoms with E-state index < -0.39 is 0 Å².